The van der Waals surface area contributed by atoms with Gasteiger partial charge < -0.3 is 10.1 Å². The van der Waals surface area contributed by atoms with E-state index in [0.29, 0.717) is 28.7 Å². The van der Waals surface area contributed by atoms with E-state index in [2.05, 4.69) is 20.4 Å². The van der Waals surface area contributed by atoms with Gasteiger partial charge in [-0.2, -0.15) is 5.10 Å². The van der Waals surface area contributed by atoms with Crippen LogP contribution in [0.3, 0.4) is 0 Å². The van der Waals surface area contributed by atoms with Gasteiger partial charge in [0, 0.05) is 55.7 Å². The molecule has 0 saturated carbocycles. The summed E-state index contributed by atoms with van der Waals surface area (Å²) in [5.74, 6) is 1.90. The van der Waals surface area contributed by atoms with E-state index in [-0.39, 0.29) is 11.6 Å². The van der Waals surface area contributed by atoms with Gasteiger partial charge in [-0.1, -0.05) is 6.07 Å². The van der Waals surface area contributed by atoms with Crippen LogP contribution in [0.4, 0.5) is 5.95 Å². The number of nitrogens with zero attached hydrogens (tertiary/aromatic N) is 6. The van der Waals surface area contributed by atoms with Crippen molar-refractivity contribution in [3.63, 3.8) is 0 Å². The second-order valence-corrected chi connectivity index (χ2v) is 9.05. The zero-order valence-electron chi connectivity index (χ0n) is 20.9. The number of aryl methyl sites for hydroxylation is 2. The quantitative estimate of drug-likeness (QED) is 0.375. The van der Waals surface area contributed by atoms with Gasteiger partial charge in [0.2, 0.25) is 5.95 Å². The van der Waals surface area contributed by atoms with Gasteiger partial charge in [-0.25, -0.2) is 9.97 Å². The van der Waals surface area contributed by atoms with E-state index < -0.39 is 0 Å². The molecule has 1 aromatic carbocycles. The average Bonchev–Trinajstić information content (AvgIpc) is 3.28. The Morgan fingerprint density at radius 2 is 1.81 bits per heavy atom. The van der Waals surface area contributed by atoms with E-state index in [1.807, 2.05) is 70.4 Å². The fourth-order valence-electron chi connectivity index (χ4n) is 4.02. The molecule has 4 heterocycles. The minimum Gasteiger partial charge on any atom is -0.457 e. The van der Waals surface area contributed by atoms with Gasteiger partial charge in [0.25, 0.3) is 5.56 Å². The number of anilines is 1. The van der Waals surface area contributed by atoms with Gasteiger partial charge in [0.1, 0.15) is 11.5 Å². The largest absolute Gasteiger partial charge is 0.457 e. The molecular weight excluding hydrogens is 454 g/mol. The van der Waals surface area contributed by atoms with E-state index in [1.165, 1.54) is 4.57 Å². The third-order valence-corrected chi connectivity index (χ3v) is 5.79. The van der Waals surface area contributed by atoms with Crippen molar-refractivity contribution in [2.24, 2.45) is 14.1 Å². The first-order valence-electron chi connectivity index (χ1n) is 11.7. The molecule has 182 valence electrons. The van der Waals surface area contributed by atoms with Crippen LogP contribution in [0.25, 0.3) is 33.4 Å². The Kier molecular flexibility index (Phi) is 5.97. The van der Waals surface area contributed by atoms with Crippen molar-refractivity contribution in [3.8, 4) is 34.0 Å². The summed E-state index contributed by atoms with van der Waals surface area (Å²) in [7, 11) is 3.58. The number of hydrogen-bond acceptors (Lipinski definition) is 7. The van der Waals surface area contributed by atoms with Crippen molar-refractivity contribution >= 4 is 16.9 Å². The lowest BCUT2D eigenvalue weighted by Crippen LogP contribution is -2.25. The number of fused-ring (bicyclic) bond motifs is 1. The predicted octanol–water partition coefficient (Wildman–Crippen LogP) is 4.71. The van der Waals surface area contributed by atoms with E-state index in [0.717, 1.165) is 27.7 Å². The molecular formula is C27H27N7O2. The number of hydrogen-bond donors (Lipinski definition) is 1. The molecule has 4 aromatic heterocycles. The number of rotatable bonds is 6. The minimum atomic E-state index is -0.153. The highest BCUT2D eigenvalue weighted by atomic mass is 16.5. The molecule has 0 fully saturated rings. The molecule has 0 aliphatic heterocycles. The lowest BCUT2D eigenvalue weighted by Gasteiger charge is -2.14. The van der Waals surface area contributed by atoms with Crippen LogP contribution >= 0.6 is 0 Å². The maximum absolute atomic E-state index is 13.0. The molecule has 0 atom stereocenters. The van der Waals surface area contributed by atoms with Crippen molar-refractivity contribution in [1.29, 1.82) is 0 Å². The number of pyridine rings is 2. The van der Waals surface area contributed by atoms with E-state index in [9.17, 15) is 4.79 Å². The van der Waals surface area contributed by atoms with Crippen LogP contribution in [-0.4, -0.2) is 35.3 Å². The molecule has 9 heteroatoms. The molecule has 0 amide bonds. The Bertz CT molecular complexity index is 1640. The third kappa shape index (κ3) is 4.55. The molecule has 1 N–H and O–H groups in total. The molecule has 5 rings (SSSR count). The molecule has 5 aromatic rings. The number of nitrogens with one attached hydrogen (secondary N) is 1. The molecule has 0 bridgehead atoms. The molecule has 0 unspecified atom stereocenters. The highest BCUT2D eigenvalue weighted by Gasteiger charge is 2.13. The van der Waals surface area contributed by atoms with Gasteiger partial charge in [0.05, 0.1) is 28.7 Å². The molecule has 9 nitrogen and oxygen atoms in total. The van der Waals surface area contributed by atoms with Crippen LogP contribution in [0.15, 0.2) is 66.0 Å². The fourth-order valence-corrected chi connectivity index (χ4v) is 4.02. The summed E-state index contributed by atoms with van der Waals surface area (Å²) in [5.41, 5.74) is 4.33. The summed E-state index contributed by atoms with van der Waals surface area (Å²) < 4.78 is 9.42. The summed E-state index contributed by atoms with van der Waals surface area (Å²) >= 11 is 0. The number of aromatic nitrogens is 6. The molecule has 0 radical (unpaired) electrons. The van der Waals surface area contributed by atoms with Crippen LogP contribution in [0.2, 0.25) is 0 Å². The summed E-state index contributed by atoms with van der Waals surface area (Å²) in [4.78, 5) is 26.6. The SMILES string of the molecule is Cc1cc(Oc2ccnc(-c3cnn(C)c3)c2)cc2ccc(-c3cnc(NC(C)C)n(C)c3=O)nc12. The Labute approximate surface area is 208 Å². The van der Waals surface area contributed by atoms with Crippen molar-refractivity contribution in [3.05, 3.63) is 77.1 Å². The normalized spacial score (nSPS) is 11.3. The second-order valence-electron chi connectivity index (χ2n) is 9.05. The zero-order valence-corrected chi connectivity index (χ0v) is 20.9. The molecule has 0 saturated heterocycles. The van der Waals surface area contributed by atoms with Crippen LogP contribution in [0, 0.1) is 6.92 Å². The van der Waals surface area contributed by atoms with Crippen molar-refractivity contribution < 1.29 is 4.74 Å². The topological polar surface area (TPSA) is 99.7 Å². The van der Waals surface area contributed by atoms with Crippen molar-refractivity contribution in [1.82, 2.24) is 29.3 Å². The van der Waals surface area contributed by atoms with E-state index in [1.54, 1.807) is 30.3 Å². The van der Waals surface area contributed by atoms with Crippen molar-refractivity contribution in [2.45, 2.75) is 26.8 Å². The van der Waals surface area contributed by atoms with Crippen LogP contribution in [0.1, 0.15) is 19.4 Å². The van der Waals surface area contributed by atoms with Gasteiger partial charge in [-0.05, 0) is 50.6 Å². The summed E-state index contributed by atoms with van der Waals surface area (Å²) in [5, 5.41) is 8.30. The molecule has 0 aliphatic carbocycles. The summed E-state index contributed by atoms with van der Waals surface area (Å²) in [6, 6.07) is 11.5. The predicted molar refractivity (Wildman–Crippen MR) is 140 cm³/mol. The van der Waals surface area contributed by atoms with Crippen molar-refractivity contribution in [2.75, 3.05) is 5.32 Å². The highest BCUT2D eigenvalue weighted by molar-refractivity contribution is 5.85. The maximum atomic E-state index is 13.0. The smallest absolute Gasteiger partial charge is 0.264 e. The standard InChI is InChI=1S/C27H27N7O2/c1-16(2)31-27-29-14-22(26(35)34(27)5)23-7-6-18-11-21(10-17(3)25(18)32-23)36-20-8-9-28-24(12-20)19-13-30-33(4)15-19/h6-16H,1-5H3,(H,29,31). The zero-order chi connectivity index (χ0) is 25.4. The third-order valence-electron chi connectivity index (χ3n) is 5.79. The van der Waals surface area contributed by atoms with Crippen LogP contribution < -0.4 is 15.6 Å². The van der Waals surface area contributed by atoms with E-state index in [4.69, 9.17) is 9.72 Å². The van der Waals surface area contributed by atoms with Gasteiger partial charge >= 0.3 is 0 Å². The lowest BCUT2D eigenvalue weighted by molar-refractivity contribution is 0.482. The monoisotopic (exact) mass is 481 g/mol. The Morgan fingerprint density at radius 1 is 0.972 bits per heavy atom. The average molecular weight is 482 g/mol. The van der Waals surface area contributed by atoms with E-state index >= 15 is 0 Å². The Hall–Kier alpha value is -4.53. The first-order chi connectivity index (χ1) is 17.3. The second kappa shape index (κ2) is 9.26. The van der Waals surface area contributed by atoms with Crippen LogP contribution in [0.5, 0.6) is 11.5 Å². The first-order valence-corrected chi connectivity index (χ1v) is 11.7. The molecule has 0 spiro atoms. The number of benzene rings is 1. The minimum absolute atomic E-state index is 0.153. The lowest BCUT2D eigenvalue weighted by atomic mass is 10.1. The molecule has 36 heavy (non-hydrogen) atoms. The van der Waals surface area contributed by atoms with Gasteiger partial charge in [-0.3, -0.25) is 19.0 Å². The Balaban J connectivity index is 1.46. The highest BCUT2D eigenvalue weighted by Crippen LogP contribution is 2.30. The van der Waals surface area contributed by atoms with Gasteiger partial charge in [-0.15, -0.1) is 0 Å². The Morgan fingerprint density at radius 3 is 2.56 bits per heavy atom. The van der Waals surface area contributed by atoms with Crippen LogP contribution in [-0.2, 0) is 14.1 Å². The fraction of sp³-hybridized carbons (Fsp3) is 0.222. The summed E-state index contributed by atoms with van der Waals surface area (Å²) in [6.45, 7) is 5.98. The van der Waals surface area contributed by atoms with Gasteiger partial charge in [0.15, 0.2) is 0 Å². The molecule has 0 aliphatic rings. The summed E-state index contributed by atoms with van der Waals surface area (Å²) in [6.07, 6.45) is 6.98. The maximum Gasteiger partial charge on any atom is 0.264 e. The first kappa shape index (κ1) is 23.2. The number of ether oxygens (including phenoxy) is 1.